The largest absolute Gasteiger partial charge is 0.0875 e. The molecule has 0 saturated heterocycles. The smallest absolute Gasteiger partial charge is 0.0308 e. The molecule has 0 aliphatic heterocycles. The molecule has 0 nitrogen and oxygen atoms in total. The third-order valence-electron chi connectivity index (χ3n) is 4.14. The highest BCUT2D eigenvalue weighted by Crippen LogP contribution is 2.67. The number of hydrogen-bond acceptors (Lipinski definition) is 0. The molecule has 0 aromatic carbocycles. The Balaban J connectivity index is 1.83. The van der Waals surface area contributed by atoms with Crippen molar-refractivity contribution in [3.63, 3.8) is 0 Å². The Labute approximate surface area is 112 Å². The fourth-order valence-electron chi connectivity index (χ4n) is 3.39. The molecule has 3 aliphatic carbocycles. The van der Waals surface area contributed by atoms with Crippen molar-refractivity contribution in [1.82, 2.24) is 0 Å². The van der Waals surface area contributed by atoms with Crippen molar-refractivity contribution >= 4 is 63.7 Å². The Bertz CT molecular complexity index is 220. The molecule has 0 aromatic heterocycles. The third kappa shape index (κ3) is 1.13. The average Bonchev–Trinajstić information content (AvgIpc) is 2.49. The lowest BCUT2D eigenvalue weighted by atomic mass is 9.66. The second kappa shape index (κ2) is 3.21. The number of rotatable bonds is 0. The third-order valence-corrected chi connectivity index (χ3v) is 10.4. The van der Waals surface area contributed by atoms with Crippen LogP contribution < -0.4 is 0 Å². The lowest BCUT2D eigenvalue weighted by Crippen LogP contribution is -2.55. The predicted octanol–water partition coefficient (Wildman–Crippen LogP) is 3.94. The van der Waals surface area contributed by atoms with Gasteiger partial charge in [-0.1, -0.05) is 63.7 Å². The molecule has 3 rings (SSSR count). The first-order valence-corrected chi connectivity index (χ1v) is 8.35. The van der Waals surface area contributed by atoms with Crippen LogP contribution in [0.2, 0.25) is 0 Å². The summed E-state index contributed by atoms with van der Waals surface area (Å²) < 4.78 is 0. The molecule has 3 fully saturated rings. The molecule has 0 radical (unpaired) electrons. The van der Waals surface area contributed by atoms with E-state index in [9.17, 15) is 0 Å². The molecule has 0 unspecified atom stereocenters. The van der Waals surface area contributed by atoms with Gasteiger partial charge in [0.1, 0.15) is 0 Å². The van der Waals surface area contributed by atoms with E-state index < -0.39 is 0 Å². The Kier molecular flexibility index (Phi) is 2.49. The summed E-state index contributed by atoms with van der Waals surface area (Å²) in [6.07, 6.45) is 1.42. The highest BCUT2D eigenvalue weighted by atomic mass is 79.9. The van der Waals surface area contributed by atoms with Gasteiger partial charge in [0.2, 0.25) is 0 Å². The molecule has 13 heavy (non-hydrogen) atoms. The first-order valence-electron chi connectivity index (χ1n) is 4.69. The van der Waals surface area contributed by atoms with Gasteiger partial charge in [-0.2, -0.15) is 0 Å². The molecule has 4 heteroatoms. The number of hydrogen-bond donors (Lipinski definition) is 0. The number of alkyl halides is 4. The lowest BCUT2D eigenvalue weighted by Gasteiger charge is -2.50. The molecular weight excluding hydrogens is 428 g/mol. The van der Waals surface area contributed by atoms with E-state index in [1.54, 1.807) is 0 Å². The predicted molar refractivity (Wildman–Crippen MR) is 69.4 cm³/mol. The summed E-state index contributed by atoms with van der Waals surface area (Å²) in [7, 11) is 0. The van der Waals surface area contributed by atoms with Crippen LogP contribution in [0.15, 0.2) is 0 Å². The highest BCUT2D eigenvalue weighted by molar-refractivity contribution is 9.12. The topological polar surface area (TPSA) is 0 Å². The van der Waals surface area contributed by atoms with E-state index in [2.05, 4.69) is 63.7 Å². The maximum absolute atomic E-state index is 3.80. The van der Waals surface area contributed by atoms with Crippen LogP contribution in [0, 0.1) is 23.7 Å². The van der Waals surface area contributed by atoms with Crippen molar-refractivity contribution in [2.75, 3.05) is 0 Å². The molecule has 3 saturated carbocycles. The van der Waals surface area contributed by atoms with E-state index in [0.717, 1.165) is 33.3 Å². The maximum atomic E-state index is 3.80. The fourth-order valence-corrected chi connectivity index (χ4v) is 7.50. The van der Waals surface area contributed by atoms with E-state index in [0.29, 0.717) is 9.65 Å². The minimum Gasteiger partial charge on any atom is -0.0875 e. The Morgan fingerprint density at radius 1 is 0.615 bits per heavy atom. The van der Waals surface area contributed by atoms with Gasteiger partial charge >= 0.3 is 0 Å². The standard InChI is InChI=1S/C9H10Br4/c10-6-2-1-3-5(4(2)8(6)12)9(13)7(3)11/h2-9H,1H2/t2-,3+,4-,5-,6+,7-,8-,9+/m0/s1. The normalized spacial score (nSPS) is 69.2. The van der Waals surface area contributed by atoms with Gasteiger partial charge in [0.15, 0.2) is 0 Å². The molecule has 0 spiro atoms. The minimum atomic E-state index is 0.715. The summed E-state index contributed by atoms with van der Waals surface area (Å²) in [5.41, 5.74) is 0. The summed E-state index contributed by atoms with van der Waals surface area (Å²) in [6, 6.07) is 0. The quantitative estimate of drug-likeness (QED) is 0.504. The van der Waals surface area contributed by atoms with E-state index in [1.165, 1.54) is 6.42 Å². The van der Waals surface area contributed by atoms with Gasteiger partial charge in [-0.3, -0.25) is 0 Å². The van der Waals surface area contributed by atoms with Crippen LogP contribution >= 0.6 is 63.7 Å². The first-order chi connectivity index (χ1) is 6.13. The first kappa shape index (κ1) is 10.1. The molecule has 0 amide bonds. The fraction of sp³-hybridized carbons (Fsp3) is 1.00. The van der Waals surface area contributed by atoms with E-state index in [1.807, 2.05) is 0 Å². The van der Waals surface area contributed by atoms with Crippen molar-refractivity contribution in [2.45, 2.75) is 25.7 Å². The van der Waals surface area contributed by atoms with Crippen LogP contribution in [0.25, 0.3) is 0 Å². The summed E-state index contributed by atoms with van der Waals surface area (Å²) in [6.45, 7) is 0. The van der Waals surface area contributed by atoms with Gasteiger partial charge in [0.05, 0.1) is 0 Å². The zero-order chi connectivity index (χ0) is 9.33. The molecule has 0 aromatic rings. The second-order valence-electron chi connectivity index (χ2n) is 4.50. The summed E-state index contributed by atoms with van der Waals surface area (Å²) in [5.74, 6) is 3.71. The van der Waals surface area contributed by atoms with Crippen LogP contribution in [0.1, 0.15) is 6.42 Å². The van der Waals surface area contributed by atoms with Crippen LogP contribution in [0.3, 0.4) is 0 Å². The van der Waals surface area contributed by atoms with Gasteiger partial charge in [-0.15, -0.1) is 0 Å². The molecular formula is C9H10Br4. The van der Waals surface area contributed by atoms with E-state index in [-0.39, 0.29) is 0 Å². The van der Waals surface area contributed by atoms with Gasteiger partial charge in [0.25, 0.3) is 0 Å². The van der Waals surface area contributed by atoms with E-state index >= 15 is 0 Å². The molecule has 3 aliphatic rings. The Hall–Kier alpha value is 1.92. The van der Waals surface area contributed by atoms with E-state index in [4.69, 9.17) is 0 Å². The minimum absolute atomic E-state index is 0.715. The summed E-state index contributed by atoms with van der Waals surface area (Å²) in [4.78, 5) is 2.88. The van der Waals surface area contributed by atoms with Crippen molar-refractivity contribution in [2.24, 2.45) is 23.7 Å². The van der Waals surface area contributed by atoms with Crippen molar-refractivity contribution in [3.8, 4) is 0 Å². The monoisotopic (exact) mass is 434 g/mol. The second-order valence-corrected chi connectivity index (χ2v) is 8.73. The number of halogens is 4. The molecule has 74 valence electrons. The molecule has 0 N–H and O–H groups in total. The van der Waals surface area contributed by atoms with Crippen LogP contribution in [-0.2, 0) is 0 Å². The van der Waals surface area contributed by atoms with Gasteiger partial charge in [0, 0.05) is 19.3 Å². The SMILES string of the molecule is Br[C@@H]1[C@H](Br)[C@H]2[C@H]1C[C@@H]1[C@@H](Br)[C@@H](Br)[C@@H]12. The average molecular weight is 438 g/mol. The van der Waals surface area contributed by atoms with Crippen molar-refractivity contribution in [3.05, 3.63) is 0 Å². The molecule has 0 bridgehead atoms. The van der Waals surface area contributed by atoms with Gasteiger partial charge in [-0.05, 0) is 30.1 Å². The lowest BCUT2D eigenvalue weighted by molar-refractivity contribution is 0.152. The maximum Gasteiger partial charge on any atom is 0.0308 e. The van der Waals surface area contributed by atoms with Crippen LogP contribution in [0.5, 0.6) is 0 Å². The zero-order valence-corrected chi connectivity index (χ0v) is 13.2. The molecule has 8 atom stereocenters. The van der Waals surface area contributed by atoms with Crippen LogP contribution in [0.4, 0.5) is 0 Å². The van der Waals surface area contributed by atoms with Crippen molar-refractivity contribution < 1.29 is 0 Å². The summed E-state index contributed by atoms with van der Waals surface area (Å²) in [5, 5.41) is 0. The summed E-state index contributed by atoms with van der Waals surface area (Å²) >= 11 is 15.2. The number of fused-ring (bicyclic) bond motifs is 3. The Morgan fingerprint density at radius 2 is 1.00 bits per heavy atom. The zero-order valence-electron chi connectivity index (χ0n) is 6.84. The molecule has 0 heterocycles. The van der Waals surface area contributed by atoms with Gasteiger partial charge in [-0.25, -0.2) is 0 Å². The van der Waals surface area contributed by atoms with Crippen LogP contribution in [-0.4, -0.2) is 19.3 Å². The Morgan fingerprint density at radius 3 is 1.38 bits per heavy atom. The van der Waals surface area contributed by atoms with Crippen molar-refractivity contribution in [1.29, 1.82) is 0 Å². The van der Waals surface area contributed by atoms with Gasteiger partial charge < -0.3 is 0 Å². The highest BCUT2D eigenvalue weighted by Gasteiger charge is 2.66.